The zero-order valence-electron chi connectivity index (χ0n) is 11.9. The van der Waals surface area contributed by atoms with Crippen molar-refractivity contribution in [2.24, 2.45) is 11.8 Å². The molecule has 2 heterocycles. The molecule has 1 N–H and O–H groups in total. The fourth-order valence-corrected chi connectivity index (χ4v) is 3.13. The van der Waals surface area contributed by atoms with Gasteiger partial charge in [-0.05, 0) is 12.3 Å². The molecule has 4 nitrogen and oxygen atoms in total. The molecule has 0 aromatic carbocycles. The van der Waals surface area contributed by atoms with Crippen molar-refractivity contribution in [3.8, 4) is 0 Å². The van der Waals surface area contributed by atoms with Crippen molar-refractivity contribution in [2.75, 3.05) is 13.1 Å². The fourth-order valence-electron chi connectivity index (χ4n) is 2.57. The van der Waals surface area contributed by atoms with Crippen LogP contribution < -0.4 is 5.32 Å². The molecular formula is C14H23N3OS. The molecule has 2 atom stereocenters. The average molecular weight is 281 g/mol. The molecule has 0 aliphatic carbocycles. The number of thiazole rings is 1. The highest BCUT2D eigenvalue weighted by Gasteiger charge is 2.29. The van der Waals surface area contributed by atoms with Gasteiger partial charge >= 0.3 is 0 Å². The Morgan fingerprint density at radius 2 is 2.42 bits per heavy atom. The van der Waals surface area contributed by atoms with Crippen molar-refractivity contribution in [1.82, 2.24) is 15.2 Å². The molecule has 19 heavy (non-hydrogen) atoms. The van der Waals surface area contributed by atoms with Crippen LogP contribution in [0, 0.1) is 11.8 Å². The molecule has 0 unspecified atom stereocenters. The molecule has 5 heteroatoms. The van der Waals surface area contributed by atoms with E-state index >= 15 is 0 Å². The first-order valence-corrected chi connectivity index (χ1v) is 7.91. The first kappa shape index (κ1) is 14.5. The molecule has 106 valence electrons. The van der Waals surface area contributed by atoms with Crippen LogP contribution in [0.25, 0.3) is 0 Å². The third-order valence-corrected chi connectivity index (χ3v) is 4.37. The van der Waals surface area contributed by atoms with E-state index in [2.05, 4.69) is 22.6 Å². The lowest BCUT2D eigenvalue weighted by Crippen LogP contribution is -2.50. The van der Waals surface area contributed by atoms with Crippen LogP contribution in [0.1, 0.15) is 32.9 Å². The standard InChI is InChI=1S/C14H23N3OS/c1-10(2)14(18)17-5-4-13(11(3)7-17)15-6-12-8-19-9-16-12/h8-11,13,15H,4-7H2,1-3H3/t11-,13+/m0/s1. The quantitative estimate of drug-likeness (QED) is 0.919. The molecule has 2 rings (SSSR count). The molecule has 0 radical (unpaired) electrons. The number of carbonyl (C=O) groups is 1. The number of hydrogen-bond donors (Lipinski definition) is 1. The number of rotatable bonds is 4. The van der Waals surface area contributed by atoms with E-state index in [9.17, 15) is 4.79 Å². The van der Waals surface area contributed by atoms with Gasteiger partial charge in [0.25, 0.3) is 0 Å². The van der Waals surface area contributed by atoms with E-state index in [0.29, 0.717) is 12.0 Å². The molecule has 1 aromatic rings. The lowest BCUT2D eigenvalue weighted by Gasteiger charge is -2.38. The van der Waals surface area contributed by atoms with Crippen LogP contribution in [-0.4, -0.2) is 34.9 Å². The number of hydrogen-bond acceptors (Lipinski definition) is 4. The molecule has 1 amide bonds. The predicted molar refractivity (Wildman–Crippen MR) is 77.9 cm³/mol. The van der Waals surface area contributed by atoms with Crippen molar-refractivity contribution in [3.63, 3.8) is 0 Å². The van der Waals surface area contributed by atoms with E-state index in [-0.39, 0.29) is 11.8 Å². The zero-order valence-corrected chi connectivity index (χ0v) is 12.7. The van der Waals surface area contributed by atoms with Gasteiger partial charge < -0.3 is 10.2 Å². The van der Waals surface area contributed by atoms with Crippen LogP contribution >= 0.6 is 11.3 Å². The van der Waals surface area contributed by atoms with E-state index < -0.39 is 0 Å². The van der Waals surface area contributed by atoms with Crippen LogP contribution in [0.4, 0.5) is 0 Å². The minimum Gasteiger partial charge on any atom is -0.342 e. The fraction of sp³-hybridized carbons (Fsp3) is 0.714. The van der Waals surface area contributed by atoms with Gasteiger partial charge in [-0.25, -0.2) is 4.98 Å². The monoisotopic (exact) mass is 281 g/mol. The van der Waals surface area contributed by atoms with Crippen LogP contribution in [0.3, 0.4) is 0 Å². The van der Waals surface area contributed by atoms with Gasteiger partial charge in [0.2, 0.25) is 5.91 Å². The largest absolute Gasteiger partial charge is 0.342 e. The Bertz CT molecular complexity index is 405. The lowest BCUT2D eigenvalue weighted by atomic mass is 9.93. The summed E-state index contributed by atoms with van der Waals surface area (Å²) in [5, 5.41) is 5.65. The average Bonchev–Trinajstić information content (AvgIpc) is 2.89. The Labute approximate surface area is 119 Å². The Kier molecular flexibility index (Phi) is 4.93. The third kappa shape index (κ3) is 3.76. The summed E-state index contributed by atoms with van der Waals surface area (Å²) in [4.78, 5) is 18.3. The molecule has 1 fully saturated rings. The van der Waals surface area contributed by atoms with Crippen LogP contribution in [0.15, 0.2) is 10.9 Å². The van der Waals surface area contributed by atoms with E-state index in [1.54, 1.807) is 11.3 Å². The second-order valence-electron chi connectivity index (χ2n) is 5.67. The van der Waals surface area contributed by atoms with Gasteiger partial charge in [0.05, 0.1) is 11.2 Å². The summed E-state index contributed by atoms with van der Waals surface area (Å²) in [7, 11) is 0. The highest BCUT2D eigenvalue weighted by atomic mass is 32.1. The number of nitrogens with one attached hydrogen (secondary N) is 1. The zero-order chi connectivity index (χ0) is 13.8. The first-order chi connectivity index (χ1) is 9.08. The van der Waals surface area contributed by atoms with E-state index in [0.717, 1.165) is 31.7 Å². The second-order valence-corrected chi connectivity index (χ2v) is 6.39. The SMILES string of the molecule is CC(C)C(=O)N1CC[C@@H](NCc2cscn2)[C@@H](C)C1. The summed E-state index contributed by atoms with van der Waals surface area (Å²) in [5.41, 5.74) is 2.97. The number of carbonyl (C=O) groups excluding carboxylic acids is 1. The summed E-state index contributed by atoms with van der Waals surface area (Å²) in [6, 6.07) is 0.484. The number of amides is 1. The van der Waals surface area contributed by atoms with Crippen LogP contribution in [0.5, 0.6) is 0 Å². The van der Waals surface area contributed by atoms with Crippen molar-refractivity contribution < 1.29 is 4.79 Å². The highest BCUT2D eigenvalue weighted by molar-refractivity contribution is 7.07. The molecular weight excluding hydrogens is 258 g/mol. The maximum atomic E-state index is 12.0. The van der Waals surface area contributed by atoms with Gasteiger partial charge in [0.1, 0.15) is 0 Å². The number of nitrogens with zero attached hydrogens (tertiary/aromatic N) is 2. The number of piperidine rings is 1. The third-order valence-electron chi connectivity index (χ3n) is 3.74. The first-order valence-electron chi connectivity index (χ1n) is 6.97. The number of likely N-dealkylation sites (tertiary alicyclic amines) is 1. The topological polar surface area (TPSA) is 45.2 Å². The van der Waals surface area contributed by atoms with Crippen LogP contribution in [0.2, 0.25) is 0 Å². The molecule has 0 saturated carbocycles. The Balaban J connectivity index is 1.81. The normalized spacial score (nSPS) is 23.9. The van der Waals surface area contributed by atoms with Gasteiger partial charge in [-0.15, -0.1) is 11.3 Å². The summed E-state index contributed by atoms with van der Waals surface area (Å²) >= 11 is 1.63. The van der Waals surface area contributed by atoms with Gasteiger partial charge in [-0.2, -0.15) is 0 Å². The predicted octanol–water partition coefficient (Wildman–Crippen LogP) is 2.13. The van der Waals surface area contributed by atoms with E-state index in [1.807, 2.05) is 24.3 Å². The maximum Gasteiger partial charge on any atom is 0.225 e. The molecule has 1 aliphatic rings. The molecule has 1 aromatic heterocycles. The van der Waals surface area contributed by atoms with Gasteiger partial charge in [0.15, 0.2) is 0 Å². The van der Waals surface area contributed by atoms with Gasteiger partial charge in [-0.1, -0.05) is 20.8 Å². The Morgan fingerprint density at radius 3 is 3.00 bits per heavy atom. The smallest absolute Gasteiger partial charge is 0.225 e. The van der Waals surface area contributed by atoms with E-state index in [1.165, 1.54) is 0 Å². The van der Waals surface area contributed by atoms with Crippen molar-refractivity contribution in [1.29, 1.82) is 0 Å². The summed E-state index contributed by atoms with van der Waals surface area (Å²) in [6.45, 7) is 8.73. The van der Waals surface area contributed by atoms with E-state index in [4.69, 9.17) is 0 Å². The Hall–Kier alpha value is -0.940. The molecule has 0 bridgehead atoms. The molecule has 0 spiro atoms. The maximum absolute atomic E-state index is 12.0. The van der Waals surface area contributed by atoms with Crippen LogP contribution in [-0.2, 0) is 11.3 Å². The highest BCUT2D eigenvalue weighted by Crippen LogP contribution is 2.19. The van der Waals surface area contributed by atoms with Crippen molar-refractivity contribution in [3.05, 3.63) is 16.6 Å². The molecule has 1 aliphatic heterocycles. The molecule has 1 saturated heterocycles. The van der Waals surface area contributed by atoms with Crippen molar-refractivity contribution in [2.45, 2.75) is 39.8 Å². The number of aromatic nitrogens is 1. The minimum atomic E-state index is 0.103. The summed E-state index contributed by atoms with van der Waals surface area (Å²) in [6.07, 6.45) is 1.03. The van der Waals surface area contributed by atoms with Gasteiger partial charge in [0, 0.05) is 37.0 Å². The van der Waals surface area contributed by atoms with Crippen molar-refractivity contribution >= 4 is 17.2 Å². The summed E-state index contributed by atoms with van der Waals surface area (Å²) < 4.78 is 0. The Morgan fingerprint density at radius 1 is 1.63 bits per heavy atom. The minimum absolute atomic E-state index is 0.103. The second kappa shape index (κ2) is 6.48. The van der Waals surface area contributed by atoms with Gasteiger partial charge in [-0.3, -0.25) is 4.79 Å². The lowest BCUT2D eigenvalue weighted by molar-refractivity contribution is -0.136. The summed E-state index contributed by atoms with van der Waals surface area (Å²) in [5.74, 6) is 0.881.